The summed E-state index contributed by atoms with van der Waals surface area (Å²) in [6.07, 6.45) is 1.91. The van der Waals surface area contributed by atoms with Crippen LogP contribution in [0.5, 0.6) is 11.5 Å². The van der Waals surface area contributed by atoms with E-state index in [4.69, 9.17) is 9.47 Å². The van der Waals surface area contributed by atoms with Crippen molar-refractivity contribution in [2.45, 2.75) is 52.2 Å². The number of phenolic OH excluding ortho intramolecular Hbond substituents is 1. The summed E-state index contributed by atoms with van der Waals surface area (Å²) in [7, 11) is 1.43. The number of benzene rings is 1. The Balaban J connectivity index is 2.62. The van der Waals surface area contributed by atoms with Crippen molar-refractivity contribution in [1.82, 2.24) is 10.6 Å². The maximum absolute atomic E-state index is 12.8. The van der Waals surface area contributed by atoms with Gasteiger partial charge in [-0.25, -0.2) is 9.59 Å². The van der Waals surface area contributed by atoms with Gasteiger partial charge >= 0.3 is 12.0 Å². The third-order valence-electron chi connectivity index (χ3n) is 4.10. The third kappa shape index (κ3) is 4.94. The van der Waals surface area contributed by atoms with Gasteiger partial charge in [0.05, 0.1) is 24.8 Å². The molecule has 0 aromatic heterocycles. The molecule has 0 aliphatic carbocycles. The van der Waals surface area contributed by atoms with E-state index in [-0.39, 0.29) is 23.2 Å². The lowest BCUT2D eigenvalue weighted by atomic mass is 9.92. The van der Waals surface area contributed by atoms with E-state index in [1.807, 2.05) is 6.92 Å². The molecule has 1 aromatic carbocycles. The number of carbonyl (C=O) groups is 2. The molecular formula is C19H25BrN2O5. The Morgan fingerprint density at radius 1 is 1.37 bits per heavy atom. The number of unbranched alkanes of at least 4 members (excludes halogenated alkanes) is 1. The largest absolute Gasteiger partial charge is 0.504 e. The summed E-state index contributed by atoms with van der Waals surface area (Å²) in [5, 5.41) is 16.0. The summed E-state index contributed by atoms with van der Waals surface area (Å²) in [6.45, 7) is 5.54. The van der Waals surface area contributed by atoms with Crippen molar-refractivity contribution in [1.29, 1.82) is 0 Å². The van der Waals surface area contributed by atoms with E-state index in [0.29, 0.717) is 22.2 Å². The molecule has 2 amide bonds. The van der Waals surface area contributed by atoms with Gasteiger partial charge in [0.15, 0.2) is 11.5 Å². The molecule has 2 rings (SSSR count). The van der Waals surface area contributed by atoms with Gasteiger partial charge in [-0.1, -0.05) is 29.3 Å². The Bertz CT molecular complexity index is 761. The number of urea groups is 1. The summed E-state index contributed by atoms with van der Waals surface area (Å²) in [5.41, 5.74) is 1.14. The van der Waals surface area contributed by atoms with Gasteiger partial charge in [-0.3, -0.25) is 0 Å². The van der Waals surface area contributed by atoms with Crippen molar-refractivity contribution in [3.05, 3.63) is 33.4 Å². The number of ether oxygens (including phenoxy) is 2. The number of methoxy groups -OCH3 is 1. The highest BCUT2D eigenvalue weighted by atomic mass is 79.9. The zero-order valence-corrected chi connectivity index (χ0v) is 17.5. The summed E-state index contributed by atoms with van der Waals surface area (Å²) < 4.78 is 11.2. The monoisotopic (exact) mass is 440 g/mol. The van der Waals surface area contributed by atoms with Crippen LogP contribution in [-0.4, -0.2) is 30.3 Å². The van der Waals surface area contributed by atoms with Crippen LogP contribution in [0.2, 0.25) is 0 Å². The fourth-order valence-corrected chi connectivity index (χ4v) is 3.35. The Labute approximate surface area is 167 Å². The number of nitrogens with one attached hydrogen (secondary N) is 2. The first kappa shape index (κ1) is 21.1. The number of hydrogen-bond donors (Lipinski definition) is 3. The average molecular weight is 441 g/mol. The second-order valence-electron chi connectivity index (χ2n) is 6.53. The number of phenols is 1. The lowest BCUT2D eigenvalue weighted by molar-refractivity contribution is -0.143. The molecule has 8 heteroatoms. The first-order valence-electron chi connectivity index (χ1n) is 8.86. The lowest BCUT2D eigenvalue weighted by Gasteiger charge is -2.30. The second kappa shape index (κ2) is 9.12. The van der Waals surface area contributed by atoms with Gasteiger partial charge in [0, 0.05) is 15.7 Å². The number of esters is 1. The van der Waals surface area contributed by atoms with E-state index in [1.165, 1.54) is 7.11 Å². The molecule has 0 saturated heterocycles. The summed E-state index contributed by atoms with van der Waals surface area (Å²) in [5.74, 6) is -0.441. The second-order valence-corrected chi connectivity index (χ2v) is 7.44. The molecule has 0 bridgehead atoms. The molecule has 0 spiro atoms. The lowest BCUT2D eigenvalue weighted by Crippen LogP contribution is -2.46. The van der Waals surface area contributed by atoms with Crippen LogP contribution >= 0.6 is 15.9 Å². The molecule has 1 heterocycles. The summed E-state index contributed by atoms with van der Waals surface area (Å²) in [6, 6.07) is 1.96. The van der Waals surface area contributed by atoms with Crippen molar-refractivity contribution in [3.8, 4) is 11.5 Å². The molecule has 1 atom stereocenters. The van der Waals surface area contributed by atoms with Crippen molar-refractivity contribution in [2.24, 2.45) is 0 Å². The van der Waals surface area contributed by atoms with E-state index in [9.17, 15) is 14.7 Å². The molecule has 1 aromatic rings. The van der Waals surface area contributed by atoms with E-state index in [0.717, 1.165) is 12.8 Å². The molecule has 1 unspecified atom stereocenters. The summed E-state index contributed by atoms with van der Waals surface area (Å²) in [4.78, 5) is 25.1. The Morgan fingerprint density at radius 3 is 2.67 bits per heavy atom. The normalized spacial score (nSPS) is 16.8. The molecule has 7 nitrogen and oxygen atoms in total. The highest BCUT2D eigenvalue weighted by Crippen LogP contribution is 2.41. The SMILES string of the molecule is CCCCC1=C(C(=O)OC(C)C)C(c2cc(Br)cc(OC)c2O)NC(=O)N1. The van der Waals surface area contributed by atoms with Crippen LogP contribution in [0.4, 0.5) is 4.79 Å². The van der Waals surface area contributed by atoms with E-state index in [1.54, 1.807) is 26.0 Å². The smallest absolute Gasteiger partial charge is 0.338 e. The standard InChI is InChI=1S/C19H25BrN2O5/c1-5-6-7-13-15(18(24)27-10(2)3)16(22-19(25)21-13)12-8-11(20)9-14(26-4)17(12)23/h8-10,16,23H,5-7H2,1-4H3,(H2,21,22,25). The minimum atomic E-state index is -0.858. The van der Waals surface area contributed by atoms with Crippen LogP contribution in [0.1, 0.15) is 51.6 Å². The van der Waals surface area contributed by atoms with Crippen molar-refractivity contribution in [2.75, 3.05) is 7.11 Å². The van der Waals surface area contributed by atoms with E-state index in [2.05, 4.69) is 26.6 Å². The van der Waals surface area contributed by atoms with Crippen LogP contribution in [0.15, 0.2) is 27.9 Å². The number of rotatable bonds is 7. The number of allylic oxidation sites excluding steroid dienone is 1. The maximum Gasteiger partial charge on any atom is 0.338 e. The van der Waals surface area contributed by atoms with Crippen LogP contribution in [0.3, 0.4) is 0 Å². The van der Waals surface area contributed by atoms with E-state index < -0.39 is 18.0 Å². The number of amides is 2. The molecule has 0 saturated carbocycles. The van der Waals surface area contributed by atoms with Gasteiger partial charge in [0.2, 0.25) is 0 Å². The van der Waals surface area contributed by atoms with Gasteiger partial charge in [-0.05, 0) is 38.8 Å². The van der Waals surface area contributed by atoms with Crippen molar-refractivity contribution < 1.29 is 24.2 Å². The number of aromatic hydroxyl groups is 1. The van der Waals surface area contributed by atoms with Gasteiger partial charge in [-0.2, -0.15) is 0 Å². The predicted molar refractivity (Wildman–Crippen MR) is 105 cm³/mol. The molecule has 1 aliphatic heterocycles. The van der Waals surface area contributed by atoms with Gasteiger partial charge in [-0.15, -0.1) is 0 Å². The highest BCUT2D eigenvalue weighted by Gasteiger charge is 2.36. The minimum Gasteiger partial charge on any atom is -0.504 e. The van der Waals surface area contributed by atoms with Gasteiger partial charge in [0.25, 0.3) is 0 Å². The Hall–Kier alpha value is -2.22. The molecule has 148 valence electrons. The fraction of sp³-hybridized carbons (Fsp3) is 0.474. The molecular weight excluding hydrogens is 416 g/mol. The highest BCUT2D eigenvalue weighted by molar-refractivity contribution is 9.10. The number of carbonyl (C=O) groups excluding carboxylic acids is 2. The fourth-order valence-electron chi connectivity index (χ4n) is 2.89. The number of halogens is 1. The van der Waals surface area contributed by atoms with Gasteiger partial charge in [0.1, 0.15) is 0 Å². The molecule has 27 heavy (non-hydrogen) atoms. The maximum atomic E-state index is 12.8. The third-order valence-corrected chi connectivity index (χ3v) is 4.55. The van der Waals surface area contributed by atoms with Crippen LogP contribution in [0, 0.1) is 0 Å². The Morgan fingerprint density at radius 2 is 2.07 bits per heavy atom. The van der Waals surface area contributed by atoms with E-state index >= 15 is 0 Å². The number of hydrogen-bond acceptors (Lipinski definition) is 5. The Kier molecular flexibility index (Phi) is 7.12. The quantitative estimate of drug-likeness (QED) is 0.558. The van der Waals surface area contributed by atoms with Crippen LogP contribution in [-0.2, 0) is 9.53 Å². The average Bonchev–Trinajstić information content (AvgIpc) is 2.60. The topological polar surface area (TPSA) is 96.9 Å². The van der Waals surface area contributed by atoms with Crippen molar-refractivity contribution in [3.63, 3.8) is 0 Å². The van der Waals surface area contributed by atoms with Crippen molar-refractivity contribution >= 4 is 27.9 Å². The first-order valence-corrected chi connectivity index (χ1v) is 9.65. The molecule has 0 fully saturated rings. The zero-order chi connectivity index (χ0) is 20.1. The van der Waals surface area contributed by atoms with Crippen LogP contribution in [0.25, 0.3) is 0 Å². The molecule has 3 N–H and O–H groups in total. The summed E-state index contributed by atoms with van der Waals surface area (Å²) >= 11 is 3.37. The molecule has 1 aliphatic rings. The molecule has 0 radical (unpaired) electrons. The zero-order valence-electron chi connectivity index (χ0n) is 15.9. The first-order chi connectivity index (χ1) is 12.8. The van der Waals surface area contributed by atoms with Gasteiger partial charge < -0.3 is 25.2 Å². The van der Waals surface area contributed by atoms with Crippen LogP contribution < -0.4 is 15.4 Å². The minimum absolute atomic E-state index is 0.141. The predicted octanol–water partition coefficient (Wildman–Crippen LogP) is 3.91.